The van der Waals surface area contributed by atoms with Crippen LogP contribution in [0.5, 0.6) is 0 Å². The molecule has 0 saturated heterocycles. The molecule has 2 aromatic rings. The molecule has 0 amide bonds. The second-order valence-electron chi connectivity index (χ2n) is 4.39. The summed E-state index contributed by atoms with van der Waals surface area (Å²) in [6.07, 6.45) is 1.69. The van der Waals surface area contributed by atoms with Gasteiger partial charge in [-0.3, -0.25) is 0 Å². The highest BCUT2D eigenvalue weighted by atomic mass is 79.9. The zero-order valence-corrected chi connectivity index (χ0v) is 13.5. The topological polar surface area (TPSA) is 53.9 Å². The first-order chi connectivity index (χ1) is 9.63. The predicted molar refractivity (Wildman–Crippen MR) is 85.5 cm³/mol. The summed E-state index contributed by atoms with van der Waals surface area (Å²) in [4.78, 5) is 6.64. The van der Waals surface area contributed by atoms with E-state index >= 15 is 0 Å². The van der Waals surface area contributed by atoms with Crippen molar-refractivity contribution in [1.82, 2.24) is 15.2 Å². The highest BCUT2D eigenvalue weighted by Gasteiger charge is 2.07. The Morgan fingerprint density at radius 3 is 2.65 bits per heavy atom. The third kappa shape index (κ3) is 3.45. The summed E-state index contributed by atoms with van der Waals surface area (Å²) in [5.74, 6) is 1.35. The minimum absolute atomic E-state index is 0.514. The Kier molecular flexibility index (Phi) is 4.89. The number of hydrogen-bond donors (Lipinski definition) is 1. The van der Waals surface area contributed by atoms with Gasteiger partial charge in [0.1, 0.15) is 0 Å². The van der Waals surface area contributed by atoms with E-state index in [0.29, 0.717) is 5.95 Å². The van der Waals surface area contributed by atoms with Crippen molar-refractivity contribution in [2.45, 2.75) is 20.8 Å². The smallest absolute Gasteiger partial charge is 0.249 e. The van der Waals surface area contributed by atoms with Gasteiger partial charge in [-0.25, -0.2) is 0 Å². The second kappa shape index (κ2) is 6.65. The van der Waals surface area contributed by atoms with Gasteiger partial charge in [0, 0.05) is 23.2 Å². The van der Waals surface area contributed by atoms with Crippen LogP contribution in [0.2, 0.25) is 0 Å². The summed E-state index contributed by atoms with van der Waals surface area (Å²) in [6.45, 7) is 8.02. The van der Waals surface area contributed by atoms with Crippen LogP contribution in [0.25, 0.3) is 0 Å². The Hall–Kier alpha value is -1.69. The molecule has 1 aromatic carbocycles. The van der Waals surface area contributed by atoms with Gasteiger partial charge in [-0.15, -0.1) is 5.10 Å². The fraction of sp³-hybridized carbons (Fsp3) is 0.357. The summed E-state index contributed by atoms with van der Waals surface area (Å²) in [6, 6.07) is 6.02. The van der Waals surface area contributed by atoms with E-state index in [1.165, 1.54) is 0 Å². The lowest BCUT2D eigenvalue weighted by molar-refractivity contribution is 0.826. The molecule has 0 aliphatic heterocycles. The summed E-state index contributed by atoms with van der Waals surface area (Å²) in [7, 11) is 0. The summed E-state index contributed by atoms with van der Waals surface area (Å²) >= 11 is 3.45. The lowest BCUT2D eigenvalue weighted by atomic mass is 10.2. The number of nitrogens with one attached hydrogen (secondary N) is 1. The van der Waals surface area contributed by atoms with Gasteiger partial charge in [-0.1, -0.05) is 15.9 Å². The number of anilines is 3. The standard InChI is InChI=1S/C14H18BrN5/c1-4-20(5-2)13-9-16-19-14(18-13)17-12-7-6-11(15)8-10(12)3/h6-9H,4-5H2,1-3H3,(H,17,18,19). The summed E-state index contributed by atoms with van der Waals surface area (Å²) in [5.41, 5.74) is 2.10. The number of hydrogen-bond acceptors (Lipinski definition) is 5. The van der Waals surface area contributed by atoms with Gasteiger partial charge in [0.15, 0.2) is 5.82 Å². The molecule has 0 bridgehead atoms. The van der Waals surface area contributed by atoms with Crippen molar-refractivity contribution in [2.24, 2.45) is 0 Å². The van der Waals surface area contributed by atoms with Gasteiger partial charge < -0.3 is 10.2 Å². The van der Waals surface area contributed by atoms with Crippen LogP contribution in [0.3, 0.4) is 0 Å². The number of halogens is 1. The van der Waals surface area contributed by atoms with Crippen LogP contribution in [0.1, 0.15) is 19.4 Å². The molecule has 1 aromatic heterocycles. The third-order valence-corrected chi connectivity index (χ3v) is 3.56. The average molecular weight is 336 g/mol. The van der Waals surface area contributed by atoms with Crippen molar-refractivity contribution in [3.8, 4) is 0 Å². The molecule has 0 aliphatic carbocycles. The highest BCUT2D eigenvalue weighted by Crippen LogP contribution is 2.22. The second-order valence-corrected chi connectivity index (χ2v) is 5.31. The number of aromatic nitrogens is 3. The average Bonchev–Trinajstić information content (AvgIpc) is 2.44. The first-order valence-corrected chi connectivity index (χ1v) is 7.41. The third-order valence-electron chi connectivity index (χ3n) is 3.07. The number of rotatable bonds is 5. The summed E-state index contributed by atoms with van der Waals surface area (Å²) < 4.78 is 1.05. The summed E-state index contributed by atoms with van der Waals surface area (Å²) in [5, 5.41) is 11.3. The lowest BCUT2D eigenvalue weighted by Crippen LogP contribution is -2.23. The van der Waals surface area contributed by atoms with Crippen LogP contribution in [-0.2, 0) is 0 Å². The molecule has 0 spiro atoms. The SMILES string of the molecule is CCN(CC)c1cnnc(Nc2ccc(Br)cc2C)n1. The molecule has 0 atom stereocenters. The Bertz CT molecular complexity index is 584. The predicted octanol–water partition coefficient (Wildman–Crippen LogP) is 3.53. The molecule has 0 unspecified atom stereocenters. The zero-order chi connectivity index (χ0) is 14.5. The molecular weight excluding hydrogens is 318 g/mol. The van der Waals surface area contributed by atoms with Crippen molar-refractivity contribution < 1.29 is 0 Å². The lowest BCUT2D eigenvalue weighted by Gasteiger charge is -2.19. The molecule has 2 rings (SSSR count). The molecule has 1 heterocycles. The van der Waals surface area contributed by atoms with E-state index in [2.05, 4.69) is 55.2 Å². The van der Waals surface area contributed by atoms with E-state index in [1.54, 1.807) is 6.20 Å². The molecule has 0 radical (unpaired) electrons. The minimum atomic E-state index is 0.514. The van der Waals surface area contributed by atoms with Gasteiger partial charge in [-0.2, -0.15) is 10.1 Å². The zero-order valence-electron chi connectivity index (χ0n) is 11.9. The molecule has 0 fully saturated rings. The number of benzene rings is 1. The maximum Gasteiger partial charge on any atom is 0.249 e. The minimum Gasteiger partial charge on any atom is -0.356 e. The van der Waals surface area contributed by atoms with Gasteiger partial charge in [-0.05, 0) is 44.5 Å². The van der Waals surface area contributed by atoms with Crippen molar-refractivity contribution in [1.29, 1.82) is 0 Å². The fourth-order valence-corrected chi connectivity index (χ4v) is 2.41. The molecule has 6 heteroatoms. The van der Waals surface area contributed by atoms with E-state index in [-0.39, 0.29) is 0 Å². The van der Waals surface area contributed by atoms with Crippen LogP contribution >= 0.6 is 15.9 Å². The van der Waals surface area contributed by atoms with E-state index in [9.17, 15) is 0 Å². The van der Waals surface area contributed by atoms with Crippen LogP contribution in [0.4, 0.5) is 17.5 Å². The van der Waals surface area contributed by atoms with E-state index < -0.39 is 0 Å². The Morgan fingerprint density at radius 1 is 1.25 bits per heavy atom. The normalized spacial score (nSPS) is 10.4. The van der Waals surface area contributed by atoms with Gasteiger partial charge >= 0.3 is 0 Å². The fourth-order valence-electron chi connectivity index (χ4n) is 1.94. The largest absolute Gasteiger partial charge is 0.356 e. The first-order valence-electron chi connectivity index (χ1n) is 6.61. The van der Waals surface area contributed by atoms with Gasteiger partial charge in [0.2, 0.25) is 5.95 Å². The van der Waals surface area contributed by atoms with Crippen LogP contribution in [0, 0.1) is 6.92 Å². The van der Waals surface area contributed by atoms with Gasteiger partial charge in [0.25, 0.3) is 0 Å². The maximum absolute atomic E-state index is 4.50. The van der Waals surface area contributed by atoms with E-state index in [4.69, 9.17) is 0 Å². The molecular formula is C14H18BrN5. The quantitative estimate of drug-likeness (QED) is 0.905. The molecule has 5 nitrogen and oxygen atoms in total. The molecule has 0 aliphatic rings. The number of nitrogens with zero attached hydrogens (tertiary/aromatic N) is 4. The van der Waals surface area contributed by atoms with Crippen molar-refractivity contribution in [3.63, 3.8) is 0 Å². The van der Waals surface area contributed by atoms with Crippen molar-refractivity contribution in [2.75, 3.05) is 23.3 Å². The molecule has 0 saturated carbocycles. The van der Waals surface area contributed by atoms with Crippen LogP contribution < -0.4 is 10.2 Å². The van der Waals surface area contributed by atoms with E-state index in [1.807, 2.05) is 25.1 Å². The van der Waals surface area contributed by atoms with Gasteiger partial charge in [0.05, 0.1) is 6.20 Å². The monoisotopic (exact) mass is 335 g/mol. The van der Waals surface area contributed by atoms with E-state index in [0.717, 1.165) is 34.6 Å². The first kappa shape index (κ1) is 14.7. The highest BCUT2D eigenvalue weighted by molar-refractivity contribution is 9.10. The molecule has 20 heavy (non-hydrogen) atoms. The van der Waals surface area contributed by atoms with Crippen molar-refractivity contribution in [3.05, 3.63) is 34.4 Å². The maximum atomic E-state index is 4.50. The van der Waals surface area contributed by atoms with Crippen LogP contribution in [-0.4, -0.2) is 28.3 Å². The Morgan fingerprint density at radius 2 is 2.00 bits per heavy atom. The Balaban J connectivity index is 2.23. The van der Waals surface area contributed by atoms with Crippen molar-refractivity contribution >= 4 is 33.4 Å². The van der Waals surface area contributed by atoms with Crippen LogP contribution in [0.15, 0.2) is 28.9 Å². The molecule has 1 N–H and O–H groups in total. The molecule has 106 valence electrons. The Labute approximate surface area is 127 Å². The number of aryl methyl sites for hydroxylation is 1.